The minimum atomic E-state index is -1.16. The fraction of sp³-hybridized carbons (Fsp3) is 0.833. The lowest BCUT2D eigenvalue weighted by molar-refractivity contribution is -0.148. The van der Waals surface area contributed by atoms with Gasteiger partial charge in [-0.3, -0.25) is 4.79 Å². The monoisotopic (exact) mass is 244 g/mol. The Morgan fingerprint density at radius 3 is 2.06 bits per heavy atom. The fourth-order valence-corrected chi connectivity index (χ4v) is 1.55. The van der Waals surface area contributed by atoms with E-state index in [-0.39, 0.29) is 24.3 Å². The second-order valence-electron chi connectivity index (χ2n) is 4.75. The second-order valence-corrected chi connectivity index (χ2v) is 4.75. The first-order chi connectivity index (χ1) is 7.79. The maximum atomic E-state index is 11.7. The van der Waals surface area contributed by atoms with Gasteiger partial charge >= 0.3 is 5.97 Å². The van der Waals surface area contributed by atoms with Crippen molar-refractivity contribution in [3.63, 3.8) is 0 Å². The van der Waals surface area contributed by atoms with Crippen LogP contribution in [0.4, 0.5) is 0 Å². The zero-order valence-corrected chi connectivity index (χ0v) is 11.1. The molecule has 0 aliphatic heterocycles. The molecule has 1 amide bonds. The molecule has 0 saturated heterocycles. The predicted octanol–water partition coefficient (Wildman–Crippen LogP) is 1.12. The normalized spacial score (nSPS) is 13.5. The highest BCUT2D eigenvalue weighted by Crippen LogP contribution is 2.16. The van der Waals surface area contributed by atoms with Crippen molar-refractivity contribution in [3.8, 4) is 0 Å². The Morgan fingerprint density at radius 2 is 1.76 bits per heavy atom. The third-order valence-electron chi connectivity index (χ3n) is 3.27. The van der Waals surface area contributed by atoms with Crippen LogP contribution in [0.15, 0.2) is 0 Å². The number of nitrogens with one attached hydrogen (secondary N) is 1. The standard InChI is InChI=1S/C12H24N2O3/c1-5-12(6-2,11(16)17)14-10(15)7-9(13)8(3)4/h8-9H,5-7,13H2,1-4H3,(H,14,15)(H,16,17). The van der Waals surface area contributed by atoms with Crippen molar-refractivity contribution in [2.75, 3.05) is 0 Å². The van der Waals surface area contributed by atoms with Gasteiger partial charge in [0.2, 0.25) is 5.91 Å². The van der Waals surface area contributed by atoms with Gasteiger partial charge < -0.3 is 16.2 Å². The van der Waals surface area contributed by atoms with E-state index in [4.69, 9.17) is 10.8 Å². The van der Waals surface area contributed by atoms with Gasteiger partial charge in [0.15, 0.2) is 0 Å². The number of rotatable bonds is 7. The topological polar surface area (TPSA) is 92.4 Å². The molecule has 5 heteroatoms. The Hall–Kier alpha value is -1.10. The first-order valence-electron chi connectivity index (χ1n) is 6.09. The van der Waals surface area contributed by atoms with Crippen molar-refractivity contribution in [2.24, 2.45) is 11.7 Å². The molecule has 0 bridgehead atoms. The summed E-state index contributed by atoms with van der Waals surface area (Å²) in [5, 5.41) is 11.8. The van der Waals surface area contributed by atoms with E-state index >= 15 is 0 Å². The van der Waals surface area contributed by atoms with Crippen LogP contribution in [-0.2, 0) is 9.59 Å². The molecule has 0 aromatic heterocycles. The molecular formula is C12H24N2O3. The van der Waals surface area contributed by atoms with Crippen LogP contribution >= 0.6 is 0 Å². The van der Waals surface area contributed by atoms with Gasteiger partial charge in [-0.05, 0) is 18.8 Å². The molecule has 4 N–H and O–H groups in total. The van der Waals surface area contributed by atoms with Crippen molar-refractivity contribution in [2.45, 2.75) is 58.5 Å². The first kappa shape index (κ1) is 15.9. The van der Waals surface area contributed by atoms with E-state index in [1.54, 1.807) is 13.8 Å². The molecule has 0 aromatic carbocycles. The maximum Gasteiger partial charge on any atom is 0.329 e. The third kappa shape index (κ3) is 4.34. The van der Waals surface area contributed by atoms with Crippen LogP contribution in [0.5, 0.6) is 0 Å². The zero-order valence-electron chi connectivity index (χ0n) is 11.1. The van der Waals surface area contributed by atoms with Gasteiger partial charge in [-0.1, -0.05) is 27.7 Å². The molecule has 0 radical (unpaired) electrons. The fourth-order valence-electron chi connectivity index (χ4n) is 1.55. The Bertz CT molecular complexity index is 273. The van der Waals surface area contributed by atoms with Crippen LogP contribution in [0.2, 0.25) is 0 Å². The number of nitrogens with two attached hydrogens (primary N) is 1. The van der Waals surface area contributed by atoms with Crippen LogP contribution < -0.4 is 11.1 Å². The molecule has 0 spiro atoms. The van der Waals surface area contributed by atoms with E-state index in [2.05, 4.69) is 5.32 Å². The Morgan fingerprint density at radius 1 is 1.29 bits per heavy atom. The molecule has 0 rings (SSSR count). The van der Waals surface area contributed by atoms with Gasteiger partial charge in [0.1, 0.15) is 5.54 Å². The van der Waals surface area contributed by atoms with Crippen LogP contribution in [0.1, 0.15) is 47.0 Å². The first-order valence-corrected chi connectivity index (χ1v) is 6.09. The minimum Gasteiger partial charge on any atom is -0.480 e. The quantitative estimate of drug-likeness (QED) is 0.625. The number of carbonyl (C=O) groups is 2. The summed E-state index contributed by atoms with van der Waals surface area (Å²) in [6, 6.07) is -0.241. The highest BCUT2D eigenvalue weighted by molar-refractivity contribution is 5.87. The number of aliphatic carboxylic acids is 1. The Labute approximate surface area is 103 Å². The van der Waals surface area contributed by atoms with E-state index in [1.165, 1.54) is 0 Å². The molecule has 0 saturated carbocycles. The van der Waals surface area contributed by atoms with E-state index < -0.39 is 11.5 Å². The van der Waals surface area contributed by atoms with Gasteiger partial charge in [0, 0.05) is 12.5 Å². The smallest absolute Gasteiger partial charge is 0.329 e. The molecule has 100 valence electrons. The SMILES string of the molecule is CCC(CC)(NC(=O)CC(N)C(C)C)C(=O)O. The van der Waals surface area contributed by atoms with Gasteiger partial charge in [0.05, 0.1) is 0 Å². The summed E-state index contributed by atoms with van der Waals surface area (Å²) in [5.74, 6) is -1.09. The summed E-state index contributed by atoms with van der Waals surface area (Å²) in [6.07, 6.45) is 0.885. The molecule has 1 atom stereocenters. The van der Waals surface area contributed by atoms with Crippen LogP contribution in [0.25, 0.3) is 0 Å². The van der Waals surface area contributed by atoms with Crippen LogP contribution in [-0.4, -0.2) is 28.6 Å². The van der Waals surface area contributed by atoms with Crippen molar-refractivity contribution >= 4 is 11.9 Å². The molecule has 0 aliphatic carbocycles. The molecule has 1 unspecified atom stereocenters. The average molecular weight is 244 g/mol. The number of carbonyl (C=O) groups excluding carboxylic acids is 1. The van der Waals surface area contributed by atoms with Gasteiger partial charge in [0.25, 0.3) is 0 Å². The van der Waals surface area contributed by atoms with Crippen molar-refractivity contribution in [1.29, 1.82) is 0 Å². The van der Waals surface area contributed by atoms with Crippen molar-refractivity contribution < 1.29 is 14.7 Å². The highest BCUT2D eigenvalue weighted by Gasteiger charge is 2.36. The van der Waals surface area contributed by atoms with E-state index in [9.17, 15) is 9.59 Å². The van der Waals surface area contributed by atoms with Crippen LogP contribution in [0.3, 0.4) is 0 Å². The van der Waals surface area contributed by atoms with Crippen molar-refractivity contribution in [1.82, 2.24) is 5.32 Å². The number of hydrogen-bond acceptors (Lipinski definition) is 3. The summed E-state index contributed by atoms with van der Waals surface area (Å²) in [6.45, 7) is 7.37. The van der Waals surface area contributed by atoms with Gasteiger partial charge in [-0.25, -0.2) is 4.79 Å². The maximum absolute atomic E-state index is 11.7. The second kappa shape index (κ2) is 6.59. The minimum absolute atomic E-state index is 0.159. The number of carboxylic acid groups (broad SMARTS) is 1. The average Bonchev–Trinajstić information content (AvgIpc) is 2.25. The summed E-state index contributed by atoms with van der Waals surface area (Å²) in [7, 11) is 0. The lowest BCUT2D eigenvalue weighted by Gasteiger charge is -2.29. The summed E-state index contributed by atoms with van der Waals surface area (Å²) in [4.78, 5) is 22.9. The third-order valence-corrected chi connectivity index (χ3v) is 3.27. The molecule has 5 nitrogen and oxygen atoms in total. The molecule has 0 heterocycles. The Kier molecular flexibility index (Phi) is 6.16. The summed E-state index contributed by atoms with van der Waals surface area (Å²) < 4.78 is 0. The van der Waals surface area contributed by atoms with Gasteiger partial charge in [-0.2, -0.15) is 0 Å². The molecule has 17 heavy (non-hydrogen) atoms. The lowest BCUT2D eigenvalue weighted by Crippen LogP contribution is -2.54. The molecule has 0 aromatic rings. The number of amides is 1. The van der Waals surface area contributed by atoms with Crippen LogP contribution in [0, 0.1) is 5.92 Å². The summed E-state index contributed by atoms with van der Waals surface area (Å²) >= 11 is 0. The van der Waals surface area contributed by atoms with Gasteiger partial charge in [-0.15, -0.1) is 0 Å². The zero-order chi connectivity index (χ0) is 13.6. The molecule has 0 fully saturated rings. The lowest BCUT2D eigenvalue weighted by atomic mass is 9.92. The number of carboxylic acids is 1. The van der Waals surface area contributed by atoms with Crippen molar-refractivity contribution in [3.05, 3.63) is 0 Å². The van der Waals surface area contributed by atoms with E-state index in [1.807, 2.05) is 13.8 Å². The largest absolute Gasteiger partial charge is 0.480 e. The predicted molar refractivity (Wildman–Crippen MR) is 66.5 cm³/mol. The number of hydrogen-bond donors (Lipinski definition) is 3. The van der Waals surface area contributed by atoms with E-state index in [0.29, 0.717) is 12.8 Å². The highest BCUT2D eigenvalue weighted by atomic mass is 16.4. The molecular weight excluding hydrogens is 220 g/mol. The summed E-state index contributed by atoms with van der Waals surface area (Å²) in [5.41, 5.74) is 4.63. The Balaban J connectivity index is 4.58. The van der Waals surface area contributed by atoms with E-state index in [0.717, 1.165) is 0 Å². The molecule has 0 aliphatic rings.